The summed E-state index contributed by atoms with van der Waals surface area (Å²) in [5.41, 5.74) is 0.895. The van der Waals surface area contributed by atoms with E-state index in [1.807, 2.05) is 0 Å². The van der Waals surface area contributed by atoms with E-state index >= 15 is 0 Å². The average Bonchev–Trinajstić information content (AvgIpc) is 3.07. The fourth-order valence-corrected chi connectivity index (χ4v) is 9.43. The first-order valence-corrected chi connectivity index (χ1v) is 11.4. The van der Waals surface area contributed by atoms with Crippen LogP contribution in [0.5, 0.6) is 0 Å². The lowest BCUT2D eigenvalue weighted by atomic mass is 9.91. The highest BCUT2D eigenvalue weighted by Crippen LogP contribution is 2.73. The van der Waals surface area contributed by atoms with Gasteiger partial charge < -0.3 is 9.47 Å². The quantitative estimate of drug-likeness (QED) is 0.279. The summed E-state index contributed by atoms with van der Waals surface area (Å²) in [6.45, 7) is 0.245. The maximum atomic E-state index is 12.8. The Morgan fingerprint density at radius 2 is 1.56 bits per heavy atom. The van der Waals surface area contributed by atoms with Crippen LogP contribution in [-0.4, -0.2) is 51.9 Å². The molecule has 0 radical (unpaired) electrons. The second kappa shape index (κ2) is 6.47. The number of rotatable bonds is 4. The van der Waals surface area contributed by atoms with Crippen LogP contribution in [0.1, 0.15) is 27.1 Å². The van der Waals surface area contributed by atoms with E-state index in [1.54, 1.807) is 38.5 Å². The van der Waals surface area contributed by atoms with Crippen molar-refractivity contribution in [1.29, 1.82) is 0 Å². The number of carbonyl (C=O) groups is 2. The van der Waals surface area contributed by atoms with Gasteiger partial charge in [-0.3, -0.25) is 14.5 Å². The van der Waals surface area contributed by atoms with Crippen LogP contribution in [0.25, 0.3) is 0 Å². The first-order chi connectivity index (χ1) is 12.7. The molecule has 144 valence electrons. The Kier molecular flexibility index (Phi) is 4.85. The zero-order chi connectivity index (χ0) is 19.8. The monoisotopic (exact) mass is 625 g/mol. The maximum Gasteiger partial charge on any atom is 0.261 e. The van der Waals surface area contributed by atoms with Gasteiger partial charge in [-0.25, -0.2) is 0 Å². The van der Waals surface area contributed by atoms with Crippen LogP contribution in [0.3, 0.4) is 0 Å². The van der Waals surface area contributed by atoms with E-state index in [2.05, 4.69) is 63.7 Å². The lowest BCUT2D eigenvalue weighted by Gasteiger charge is -2.42. The Labute approximate surface area is 190 Å². The lowest BCUT2D eigenvalue weighted by molar-refractivity contribution is -0.213. The van der Waals surface area contributed by atoms with Gasteiger partial charge in [0, 0.05) is 35.6 Å². The Hall–Kier alpha value is -0.0600. The van der Waals surface area contributed by atoms with Crippen LogP contribution in [0.4, 0.5) is 0 Å². The van der Waals surface area contributed by atoms with Crippen molar-refractivity contribution in [2.45, 2.75) is 20.9 Å². The van der Waals surface area contributed by atoms with Crippen molar-refractivity contribution in [2.75, 3.05) is 20.8 Å². The standard InChI is InChI=1S/C18H15Br4NO4/c1-26-18(27-2)16(21)7-9(17(18,22)13(20)12(16)19)8-23-14(24)10-5-3-4-6-11(10)15(23)25/h3-6,9H,7-8H2,1-2H3/t9-,16-,17+/m1/s1. The molecule has 2 aliphatic carbocycles. The minimum atomic E-state index is -1.05. The van der Waals surface area contributed by atoms with Gasteiger partial charge in [0.05, 0.1) is 11.1 Å². The van der Waals surface area contributed by atoms with E-state index in [0.717, 1.165) is 8.96 Å². The number of ether oxygens (including phenoxy) is 2. The molecule has 5 nitrogen and oxygen atoms in total. The van der Waals surface area contributed by atoms with Gasteiger partial charge in [-0.2, -0.15) is 0 Å². The Morgan fingerprint density at radius 3 is 2.00 bits per heavy atom. The van der Waals surface area contributed by atoms with Gasteiger partial charge in [0.2, 0.25) is 5.79 Å². The van der Waals surface area contributed by atoms with E-state index in [4.69, 9.17) is 9.47 Å². The van der Waals surface area contributed by atoms with Crippen molar-refractivity contribution in [2.24, 2.45) is 5.92 Å². The molecular formula is C18H15Br4NO4. The Bertz CT molecular complexity index is 864. The third-order valence-corrected chi connectivity index (χ3v) is 12.3. The second-order valence-electron chi connectivity index (χ2n) is 6.83. The van der Waals surface area contributed by atoms with Crippen LogP contribution in [0, 0.1) is 5.92 Å². The molecule has 9 heteroatoms. The summed E-state index contributed by atoms with van der Waals surface area (Å²) in [4.78, 5) is 26.9. The molecule has 1 aromatic carbocycles. The van der Waals surface area contributed by atoms with Crippen molar-refractivity contribution in [3.05, 3.63) is 44.4 Å². The van der Waals surface area contributed by atoms with E-state index in [1.165, 1.54) is 4.90 Å². The molecule has 0 spiro atoms. The number of hydrogen-bond acceptors (Lipinski definition) is 4. The van der Waals surface area contributed by atoms with Gasteiger partial charge in [-0.05, 0) is 18.6 Å². The normalized spacial score (nSPS) is 34.0. The minimum absolute atomic E-state index is 0.144. The summed E-state index contributed by atoms with van der Waals surface area (Å²) in [6, 6.07) is 6.91. The molecule has 27 heavy (non-hydrogen) atoms. The summed E-state index contributed by atoms with van der Waals surface area (Å²) in [5, 5.41) is 0. The fraction of sp³-hybridized carbons (Fsp3) is 0.444. The SMILES string of the molecule is COC1(OC)[C@@]2(Br)C[C@H](CN3C(=O)c4ccccc4C3=O)[C@]1(Br)C(Br)=C2Br. The molecule has 3 atom stereocenters. The molecule has 2 amide bonds. The van der Waals surface area contributed by atoms with Crippen molar-refractivity contribution in [1.82, 2.24) is 4.90 Å². The molecule has 1 aromatic rings. The molecular weight excluding hydrogens is 614 g/mol. The molecule has 2 bridgehead atoms. The summed E-state index contributed by atoms with van der Waals surface area (Å²) < 4.78 is 12.1. The van der Waals surface area contributed by atoms with Gasteiger partial charge in [-0.1, -0.05) is 75.9 Å². The number of alkyl halides is 2. The molecule has 3 aliphatic rings. The molecule has 1 saturated carbocycles. The fourth-order valence-electron chi connectivity index (χ4n) is 4.58. The van der Waals surface area contributed by atoms with Gasteiger partial charge in [0.25, 0.3) is 11.8 Å². The molecule has 0 N–H and O–H groups in total. The van der Waals surface area contributed by atoms with Crippen LogP contribution in [0.2, 0.25) is 0 Å². The first kappa shape index (κ1) is 20.2. The summed E-state index contributed by atoms with van der Waals surface area (Å²) >= 11 is 15.0. The van der Waals surface area contributed by atoms with E-state index in [0.29, 0.717) is 17.5 Å². The zero-order valence-electron chi connectivity index (χ0n) is 14.4. The summed E-state index contributed by atoms with van der Waals surface area (Å²) in [6.07, 6.45) is 0.600. The summed E-state index contributed by atoms with van der Waals surface area (Å²) in [7, 11) is 3.18. The van der Waals surface area contributed by atoms with E-state index in [-0.39, 0.29) is 24.3 Å². The number of nitrogens with zero attached hydrogens (tertiary/aromatic N) is 1. The number of carbonyl (C=O) groups excluding carboxylic acids is 2. The predicted octanol–water partition coefficient (Wildman–Crippen LogP) is 4.57. The highest BCUT2D eigenvalue weighted by Gasteiger charge is 2.79. The topological polar surface area (TPSA) is 55.8 Å². The Morgan fingerprint density at radius 1 is 1.04 bits per heavy atom. The molecule has 0 saturated heterocycles. The van der Waals surface area contributed by atoms with E-state index < -0.39 is 14.4 Å². The van der Waals surface area contributed by atoms with Crippen molar-refractivity contribution >= 4 is 75.5 Å². The lowest BCUT2D eigenvalue weighted by Crippen LogP contribution is -2.57. The highest BCUT2D eigenvalue weighted by atomic mass is 79.9. The molecule has 1 aliphatic heterocycles. The summed E-state index contributed by atoms with van der Waals surface area (Å²) in [5.74, 6) is -1.73. The molecule has 1 heterocycles. The third kappa shape index (κ3) is 2.21. The number of hydrogen-bond donors (Lipinski definition) is 0. The van der Waals surface area contributed by atoms with Gasteiger partial charge >= 0.3 is 0 Å². The molecule has 1 fully saturated rings. The molecule has 0 aromatic heterocycles. The first-order valence-electron chi connectivity index (χ1n) is 8.19. The van der Waals surface area contributed by atoms with Crippen molar-refractivity contribution in [3.8, 4) is 0 Å². The van der Waals surface area contributed by atoms with Gasteiger partial charge in [0.15, 0.2) is 0 Å². The molecule has 4 rings (SSSR count). The highest BCUT2D eigenvalue weighted by molar-refractivity contribution is 9.16. The molecule has 0 unspecified atom stereocenters. The van der Waals surface area contributed by atoms with Gasteiger partial charge in [0.1, 0.15) is 8.65 Å². The predicted molar refractivity (Wildman–Crippen MR) is 115 cm³/mol. The second-order valence-corrected chi connectivity index (χ2v) is 11.0. The number of benzene rings is 1. The van der Waals surface area contributed by atoms with Crippen molar-refractivity contribution in [3.63, 3.8) is 0 Å². The van der Waals surface area contributed by atoms with Crippen LogP contribution in [0.15, 0.2) is 33.2 Å². The number of amides is 2. The smallest absolute Gasteiger partial charge is 0.261 e. The van der Waals surface area contributed by atoms with Crippen LogP contribution >= 0.6 is 63.7 Å². The number of methoxy groups -OCH3 is 2. The van der Waals surface area contributed by atoms with Gasteiger partial charge in [-0.15, -0.1) is 0 Å². The average molecular weight is 629 g/mol. The minimum Gasteiger partial charge on any atom is -0.350 e. The third-order valence-electron chi connectivity index (χ3n) is 5.81. The van der Waals surface area contributed by atoms with Crippen molar-refractivity contribution < 1.29 is 19.1 Å². The number of fused-ring (bicyclic) bond motifs is 3. The number of halogens is 4. The Balaban J connectivity index is 1.74. The van der Waals surface area contributed by atoms with Crippen LogP contribution in [-0.2, 0) is 9.47 Å². The number of imide groups is 1. The van der Waals surface area contributed by atoms with E-state index in [9.17, 15) is 9.59 Å². The zero-order valence-corrected chi connectivity index (χ0v) is 20.7. The maximum absolute atomic E-state index is 12.8. The van der Waals surface area contributed by atoms with Crippen LogP contribution < -0.4 is 0 Å². The largest absolute Gasteiger partial charge is 0.350 e.